The lowest BCUT2D eigenvalue weighted by Gasteiger charge is -2.16. The normalized spacial score (nSPS) is 10.6. The number of ether oxygens (including phenoxy) is 2. The number of rotatable bonds is 5. The molecule has 0 spiro atoms. The maximum Gasteiger partial charge on any atom is 0.338 e. The fourth-order valence-corrected chi connectivity index (χ4v) is 1.82. The lowest BCUT2D eigenvalue weighted by atomic mass is 9.96. The molecule has 0 saturated heterocycles. The molecule has 0 atom stereocenters. The molecule has 0 radical (unpaired) electrons. The molecule has 100 valence electrons. The van der Waals surface area contributed by atoms with E-state index in [9.17, 15) is 4.79 Å². The van der Waals surface area contributed by atoms with Crippen LogP contribution in [0.5, 0.6) is 5.75 Å². The van der Waals surface area contributed by atoms with Crippen molar-refractivity contribution in [3.63, 3.8) is 0 Å². The Kier molecular flexibility index (Phi) is 5.20. The number of methoxy groups -OCH3 is 1. The van der Waals surface area contributed by atoms with Crippen LogP contribution >= 0.6 is 0 Å². The zero-order chi connectivity index (χ0) is 13.7. The van der Waals surface area contributed by atoms with Gasteiger partial charge in [0.15, 0.2) is 0 Å². The molecule has 3 nitrogen and oxygen atoms in total. The van der Waals surface area contributed by atoms with Gasteiger partial charge in [0, 0.05) is 0 Å². The average Bonchev–Trinajstić information content (AvgIpc) is 2.34. The zero-order valence-corrected chi connectivity index (χ0v) is 11.9. The van der Waals surface area contributed by atoms with E-state index in [4.69, 9.17) is 9.47 Å². The highest BCUT2D eigenvalue weighted by molar-refractivity contribution is 5.91. The van der Waals surface area contributed by atoms with Gasteiger partial charge in [0.2, 0.25) is 0 Å². The monoisotopic (exact) mass is 250 g/mol. The third-order valence-electron chi connectivity index (χ3n) is 2.85. The van der Waals surface area contributed by atoms with E-state index in [1.165, 1.54) is 7.11 Å². The van der Waals surface area contributed by atoms with Crippen molar-refractivity contribution in [1.29, 1.82) is 0 Å². The summed E-state index contributed by atoms with van der Waals surface area (Å²) in [6.07, 6.45) is 0.968. The minimum Gasteiger partial charge on any atom is -0.493 e. The molecule has 0 saturated carbocycles. The van der Waals surface area contributed by atoms with E-state index in [1.54, 1.807) is 0 Å². The quantitative estimate of drug-likeness (QED) is 0.747. The molecule has 0 unspecified atom stereocenters. The Morgan fingerprint density at radius 2 is 2.00 bits per heavy atom. The first-order chi connectivity index (χ1) is 8.51. The molecule has 0 aromatic heterocycles. The second kappa shape index (κ2) is 6.43. The smallest absolute Gasteiger partial charge is 0.338 e. The number of aryl methyl sites for hydroxylation is 1. The molecule has 0 aliphatic rings. The number of carbonyl (C=O) groups excluding carboxylic acids is 1. The highest BCUT2D eigenvalue weighted by atomic mass is 16.5. The summed E-state index contributed by atoms with van der Waals surface area (Å²) in [6.45, 7) is 8.84. The number of hydrogen-bond donors (Lipinski definition) is 0. The topological polar surface area (TPSA) is 35.5 Å². The molecule has 0 bridgehead atoms. The summed E-state index contributed by atoms with van der Waals surface area (Å²) in [5.41, 5.74) is 2.55. The van der Waals surface area contributed by atoms with Crippen LogP contribution in [0.25, 0.3) is 0 Å². The lowest BCUT2D eigenvalue weighted by molar-refractivity contribution is 0.0599. The Hall–Kier alpha value is -1.51. The zero-order valence-electron chi connectivity index (χ0n) is 11.9. The number of benzene rings is 1. The van der Waals surface area contributed by atoms with Gasteiger partial charge in [0.1, 0.15) is 5.75 Å². The minimum absolute atomic E-state index is 0.295. The third kappa shape index (κ3) is 3.25. The fourth-order valence-electron chi connectivity index (χ4n) is 1.82. The molecule has 0 aliphatic carbocycles. The molecule has 0 aliphatic heterocycles. The first kappa shape index (κ1) is 14.6. The van der Waals surface area contributed by atoms with Gasteiger partial charge in [-0.25, -0.2) is 4.79 Å². The largest absolute Gasteiger partial charge is 0.493 e. The van der Waals surface area contributed by atoms with E-state index in [0.717, 1.165) is 23.3 Å². The van der Waals surface area contributed by atoms with Crippen molar-refractivity contribution < 1.29 is 14.3 Å². The van der Waals surface area contributed by atoms with Crippen LogP contribution in [0.15, 0.2) is 12.1 Å². The molecule has 3 heteroatoms. The first-order valence-electron chi connectivity index (χ1n) is 6.36. The van der Waals surface area contributed by atoms with Gasteiger partial charge in [0.05, 0.1) is 19.3 Å². The van der Waals surface area contributed by atoms with Crippen LogP contribution in [-0.4, -0.2) is 19.7 Å². The summed E-state index contributed by atoms with van der Waals surface area (Å²) >= 11 is 0. The van der Waals surface area contributed by atoms with E-state index in [0.29, 0.717) is 18.1 Å². The van der Waals surface area contributed by atoms with Crippen LogP contribution in [-0.2, 0) is 4.74 Å². The Morgan fingerprint density at radius 1 is 1.33 bits per heavy atom. The van der Waals surface area contributed by atoms with Gasteiger partial charge in [-0.05, 0) is 42.5 Å². The third-order valence-corrected chi connectivity index (χ3v) is 2.85. The van der Waals surface area contributed by atoms with E-state index in [1.807, 2.05) is 19.1 Å². The summed E-state index contributed by atoms with van der Waals surface area (Å²) < 4.78 is 10.5. The summed E-state index contributed by atoms with van der Waals surface area (Å²) in [5.74, 6) is 0.884. The van der Waals surface area contributed by atoms with E-state index in [-0.39, 0.29) is 5.97 Å². The molecule has 0 fully saturated rings. The van der Waals surface area contributed by atoms with Crippen molar-refractivity contribution in [2.24, 2.45) is 0 Å². The van der Waals surface area contributed by atoms with Gasteiger partial charge in [-0.3, -0.25) is 0 Å². The van der Waals surface area contributed by atoms with Gasteiger partial charge in [0.25, 0.3) is 0 Å². The molecular formula is C15H22O3. The first-order valence-corrected chi connectivity index (χ1v) is 6.36. The molecule has 0 heterocycles. The Morgan fingerprint density at radius 3 is 2.50 bits per heavy atom. The maximum atomic E-state index is 11.7. The van der Waals surface area contributed by atoms with Gasteiger partial charge < -0.3 is 9.47 Å². The number of esters is 1. The Labute approximate surface area is 109 Å². The van der Waals surface area contributed by atoms with Crippen molar-refractivity contribution in [2.45, 2.75) is 40.0 Å². The van der Waals surface area contributed by atoms with Gasteiger partial charge >= 0.3 is 5.97 Å². The second-order valence-electron chi connectivity index (χ2n) is 4.70. The summed E-state index contributed by atoms with van der Waals surface area (Å²) in [4.78, 5) is 11.7. The molecule has 0 N–H and O–H groups in total. The van der Waals surface area contributed by atoms with E-state index in [2.05, 4.69) is 20.8 Å². The highest BCUT2D eigenvalue weighted by Crippen LogP contribution is 2.30. The summed E-state index contributed by atoms with van der Waals surface area (Å²) in [5, 5.41) is 0. The summed E-state index contributed by atoms with van der Waals surface area (Å²) in [6, 6.07) is 3.81. The molecule has 1 aromatic carbocycles. The van der Waals surface area contributed by atoms with Gasteiger partial charge in [-0.2, -0.15) is 0 Å². The van der Waals surface area contributed by atoms with E-state index < -0.39 is 0 Å². The van der Waals surface area contributed by atoms with E-state index >= 15 is 0 Å². The lowest BCUT2D eigenvalue weighted by Crippen LogP contribution is -2.08. The van der Waals surface area contributed by atoms with Crippen LogP contribution in [0.1, 0.15) is 54.6 Å². The molecular weight excluding hydrogens is 228 g/mol. The molecule has 18 heavy (non-hydrogen) atoms. The Balaban J connectivity index is 3.20. The van der Waals surface area contributed by atoms with Crippen molar-refractivity contribution in [3.8, 4) is 5.75 Å². The standard InChI is InChI=1S/C15H22O3/c1-6-7-18-14-8-11(4)13(15(16)17-5)9-12(14)10(2)3/h8-10H,6-7H2,1-5H3. The number of carbonyl (C=O) groups is 1. The van der Waals surface area contributed by atoms with Crippen LogP contribution in [0, 0.1) is 6.92 Å². The molecule has 1 rings (SSSR count). The number of hydrogen-bond acceptors (Lipinski definition) is 3. The average molecular weight is 250 g/mol. The molecule has 1 aromatic rings. The van der Waals surface area contributed by atoms with Crippen molar-refractivity contribution in [2.75, 3.05) is 13.7 Å². The van der Waals surface area contributed by atoms with Crippen LogP contribution in [0.4, 0.5) is 0 Å². The van der Waals surface area contributed by atoms with Crippen molar-refractivity contribution in [1.82, 2.24) is 0 Å². The molecule has 0 amide bonds. The minimum atomic E-state index is -0.295. The predicted octanol–water partition coefficient (Wildman–Crippen LogP) is 3.69. The second-order valence-corrected chi connectivity index (χ2v) is 4.70. The van der Waals surface area contributed by atoms with Crippen LogP contribution < -0.4 is 4.74 Å². The SMILES string of the molecule is CCCOc1cc(C)c(C(=O)OC)cc1C(C)C. The highest BCUT2D eigenvalue weighted by Gasteiger charge is 2.16. The van der Waals surface area contributed by atoms with Gasteiger partial charge in [-0.1, -0.05) is 20.8 Å². The van der Waals surface area contributed by atoms with Crippen LogP contribution in [0.3, 0.4) is 0 Å². The predicted molar refractivity (Wildman–Crippen MR) is 72.4 cm³/mol. The van der Waals surface area contributed by atoms with Crippen LogP contribution in [0.2, 0.25) is 0 Å². The fraction of sp³-hybridized carbons (Fsp3) is 0.533. The maximum absolute atomic E-state index is 11.7. The summed E-state index contributed by atoms with van der Waals surface area (Å²) in [7, 11) is 1.40. The van der Waals surface area contributed by atoms with Crippen molar-refractivity contribution in [3.05, 3.63) is 28.8 Å². The van der Waals surface area contributed by atoms with Crippen molar-refractivity contribution >= 4 is 5.97 Å². The Bertz CT molecular complexity index is 422. The van der Waals surface area contributed by atoms with Gasteiger partial charge in [-0.15, -0.1) is 0 Å².